The summed E-state index contributed by atoms with van der Waals surface area (Å²) in [4.78, 5) is 25.1. The molecule has 3 aromatic rings. The lowest BCUT2D eigenvalue weighted by atomic mass is 9.84. The molecule has 1 saturated heterocycles. The fraction of sp³-hybridized carbons (Fsp3) is 0.500. The van der Waals surface area contributed by atoms with E-state index >= 15 is 0 Å². The van der Waals surface area contributed by atoms with Gasteiger partial charge >= 0.3 is 0 Å². The number of aromatic nitrogens is 3. The predicted molar refractivity (Wildman–Crippen MR) is 157 cm³/mol. The van der Waals surface area contributed by atoms with Gasteiger partial charge in [-0.1, -0.05) is 51.3 Å². The lowest BCUT2D eigenvalue weighted by Gasteiger charge is -2.34. The third-order valence-electron chi connectivity index (χ3n) is 8.13. The molecule has 0 radical (unpaired) electrons. The first kappa shape index (κ1) is 28.7. The lowest BCUT2D eigenvalue weighted by molar-refractivity contribution is 0.0699. The number of hydrogen-bond donors (Lipinski definition) is 2. The molecule has 1 atom stereocenters. The minimum Gasteiger partial charge on any atom is -0.396 e. The van der Waals surface area contributed by atoms with Crippen LogP contribution in [0.3, 0.4) is 0 Å². The molecule has 1 aromatic carbocycles. The van der Waals surface area contributed by atoms with Gasteiger partial charge < -0.3 is 20.0 Å². The number of unbranched alkanes of at least 4 members (excludes halogenated alkanes) is 3. The molecule has 7 nitrogen and oxygen atoms in total. The van der Waals surface area contributed by atoms with Crippen molar-refractivity contribution in [2.24, 2.45) is 18.9 Å². The molecule has 1 aliphatic heterocycles. The van der Waals surface area contributed by atoms with Crippen LogP contribution in [0.25, 0.3) is 22.6 Å². The van der Waals surface area contributed by atoms with Crippen molar-refractivity contribution < 1.29 is 9.90 Å². The summed E-state index contributed by atoms with van der Waals surface area (Å²) in [6, 6.07) is 12.4. The molecule has 39 heavy (non-hydrogen) atoms. The summed E-state index contributed by atoms with van der Waals surface area (Å²) in [7, 11) is 1.93. The Bertz CT molecular complexity index is 1240. The van der Waals surface area contributed by atoms with E-state index in [9.17, 15) is 9.90 Å². The topological polar surface area (TPSA) is 95.1 Å². The molecule has 0 spiro atoms. The van der Waals surface area contributed by atoms with Crippen molar-refractivity contribution in [2.45, 2.75) is 65.2 Å². The summed E-state index contributed by atoms with van der Waals surface area (Å²) in [5.74, 6) is 0.787. The Morgan fingerprint density at radius 3 is 2.49 bits per heavy atom. The normalized spacial score (nSPS) is 14.9. The molecule has 2 aromatic heterocycles. The highest BCUT2D eigenvalue weighted by molar-refractivity contribution is 5.99. The number of imidazole rings is 1. The second-order valence-electron chi connectivity index (χ2n) is 10.7. The van der Waals surface area contributed by atoms with Crippen molar-refractivity contribution in [3.05, 3.63) is 60.0 Å². The van der Waals surface area contributed by atoms with E-state index in [1.54, 1.807) is 12.4 Å². The van der Waals surface area contributed by atoms with Crippen molar-refractivity contribution in [1.29, 1.82) is 5.41 Å². The number of nitrogens with one attached hydrogen (secondary N) is 1. The first-order chi connectivity index (χ1) is 19.0. The fourth-order valence-corrected chi connectivity index (χ4v) is 5.66. The maximum Gasteiger partial charge on any atom is 0.272 e. The van der Waals surface area contributed by atoms with Crippen LogP contribution in [0.15, 0.2) is 48.8 Å². The van der Waals surface area contributed by atoms with Crippen molar-refractivity contribution in [3.63, 3.8) is 0 Å². The van der Waals surface area contributed by atoms with Gasteiger partial charge in [-0.15, -0.1) is 0 Å². The third-order valence-corrected chi connectivity index (χ3v) is 8.13. The van der Waals surface area contributed by atoms with E-state index in [0.717, 1.165) is 42.6 Å². The largest absolute Gasteiger partial charge is 0.396 e. The molecule has 4 rings (SSSR count). The first-order valence-corrected chi connectivity index (χ1v) is 14.5. The van der Waals surface area contributed by atoms with Gasteiger partial charge in [0.15, 0.2) is 0 Å². The average molecular weight is 530 g/mol. The van der Waals surface area contributed by atoms with E-state index in [0.29, 0.717) is 30.2 Å². The smallest absolute Gasteiger partial charge is 0.272 e. The minimum atomic E-state index is -0.0856. The van der Waals surface area contributed by atoms with Gasteiger partial charge in [0.2, 0.25) is 0 Å². The summed E-state index contributed by atoms with van der Waals surface area (Å²) in [5.41, 5.74) is 5.07. The van der Waals surface area contributed by atoms with Gasteiger partial charge in [-0.2, -0.15) is 0 Å². The number of piperidine rings is 1. The molecule has 208 valence electrons. The molecule has 0 bridgehead atoms. The molecule has 1 aliphatic rings. The molecule has 0 unspecified atom stereocenters. The third kappa shape index (κ3) is 6.64. The summed E-state index contributed by atoms with van der Waals surface area (Å²) < 4.78 is 1.95. The Morgan fingerprint density at radius 1 is 1.08 bits per heavy atom. The van der Waals surface area contributed by atoms with Crippen LogP contribution < -0.4 is 0 Å². The highest BCUT2D eigenvalue weighted by Crippen LogP contribution is 2.31. The van der Waals surface area contributed by atoms with E-state index in [1.165, 1.54) is 31.2 Å². The molecule has 1 fully saturated rings. The molecular formula is C32H43N5O2. The van der Waals surface area contributed by atoms with Crippen LogP contribution >= 0.6 is 0 Å². The number of carbonyl (C=O) groups is 1. The number of rotatable bonds is 12. The molecule has 3 heterocycles. The van der Waals surface area contributed by atoms with E-state index in [1.807, 2.05) is 35.6 Å². The van der Waals surface area contributed by atoms with E-state index < -0.39 is 0 Å². The molecule has 0 saturated carbocycles. The SMILES string of the molecule is CCCCCCc1cccc(-c2nc(-c3ccncc3)c(C(=O)N3CCC(C(=N)[C@@H](CC)CO)CC3)n2C)c1. The molecule has 7 heteroatoms. The Kier molecular flexibility index (Phi) is 10.0. The number of hydrogen-bond acceptors (Lipinski definition) is 5. The lowest BCUT2D eigenvalue weighted by Crippen LogP contribution is -2.42. The van der Waals surface area contributed by atoms with Gasteiger partial charge in [0.25, 0.3) is 5.91 Å². The average Bonchev–Trinajstić information content (AvgIpc) is 3.33. The summed E-state index contributed by atoms with van der Waals surface area (Å²) in [6.45, 7) is 5.44. The van der Waals surface area contributed by atoms with Gasteiger partial charge in [-0.05, 0) is 55.9 Å². The Balaban J connectivity index is 1.61. The van der Waals surface area contributed by atoms with Crippen molar-refractivity contribution in [2.75, 3.05) is 19.7 Å². The second kappa shape index (κ2) is 13.7. The minimum absolute atomic E-state index is 0.0154. The van der Waals surface area contributed by atoms with Crippen LogP contribution in [0.4, 0.5) is 0 Å². The van der Waals surface area contributed by atoms with Crippen LogP contribution in [0, 0.1) is 17.2 Å². The zero-order valence-electron chi connectivity index (χ0n) is 23.7. The van der Waals surface area contributed by atoms with Crippen molar-refractivity contribution >= 4 is 11.6 Å². The number of aliphatic hydroxyl groups excluding tert-OH is 1. The maximum absolute atomic E-state index is 14.0. The van der Waals surface area contributed by atoms with Crippen molar-refractivity contribution in [3.8, 4) is 22.6 Å². The summed E-state index contributed by atoms with van der Waals surface area (Å²) in [6.07, 6.45) is 11.7. The molecule has 0 aliphatic carbocycles. The van der Waals surface area contributed by atoms with E-state index in [-0.39, 0.29) is 24.3 Å². The first-order valence-electron chi connectivity index (χ1n) is 14.5. The number of aliphatic hydroxyl groups is 1. The zero-order chi connectivity index (χ0) is 27.8. The van der Waals surface area contributed by atoms with E-state index in [2.05, 4.69) is 36.2 Å². The number of likely N-dealkylation sites (tertiary alicyclic amines) is 1. The van der Waals surface area contributed by atoms with Crippen LogP contribution in [-0.4, -0.2) is 55.9 Å². The van der Waals surface area contributed by atoms with Gasteiger partial charge in [-0.3, -0.25) is 9.78 Å². The maximum atomic E-state index is 14.0. The van der Waals surface area contributed by atoms with Crippen LogP contribution in [0.5, 0.6) is 0 Å². The number of aryl methyl sites for hydroxylation is 1. The highest BCUT2D eigenvalue weighted by atomic mass is 16.3. The Hall–Kier alpha value is -3.32. The number of nitrogens with zero attached hydrogens (tertiary/aromatic N) is 4. The van der Waals surface area contributed by atoms with Gasteiger partial charge in [0, 0.05) is 61.2 Å². The second-order valence-corrected chi connectivity index (χ2v) is 10.7. The number of benzene rings is 1. The van der Waals surface area contributed by atoms with Gasteiger partial charge in [0.1, 0.15) is 17.2 Å². The Labute approximate surface area is 232 Å². The number of carbonyl (C=O) groups excluding carboxylic acids is 1. The van der Waals surface area contributed by atoms with Gasteiger partial charge in [0.05, 0.1) is 6.61 Å². The van der Waals surface area contributed by atoms with Crippen molar-refractivity contribution in [1.82, 2.24) is 19.4 Å². The fourth-order valence-electron chi connectivity index (χ4n) is 5.66. The number of pyridine rings is 1. The monoisotopic (exact) mass is 529 g/mol. The molecular weight excluding hydrogens is 486 g/mol. The Morgan fingerprint density at radius 2 is 1.82 bits per heavy atom. The van der Waals surface area contributed by atoms with E-state index in [4.69, 9.17) is 10.4 Å². The summed E-state index contributed by atoms with van der Waals surface area (Å²) in [5, 5.41) is 18.2. The molecule has 2 N–H and O–H groups in total. The van der Waals surface area contributed by atoms with Crippen LogP contribution in [0.2, 0.25) is 0 Å². The quantitative estimate of drug-likeness (QED) is 0.217. The highest BCUT2D eigenvalue weighted by Gasteiger charge is 2.32. The summed E-state index contributed by atoms with van der Waals surface area (Å²) >= 11 is 0. The predicted octanol–water partition coefficient (Wildman–Crippen LogP) is 6.16. The standard InChI is InChI=1S/C32H43N5O2/c1-4-6-7-8-10-23-11-9-12-27(21-23)31-35-29(26-13-17-34-18-14-26)30(36(31)3)32(39)37-19-15-25(16-20-37)28(33)24(5-2)22-38/h9,11-14,17-18,21,24-25,33,38H,4-8,10,15-16,19-20,22H2,1-3H3/t24-/m0/s1. The zero-order valence-corrected chi connectivity index (χ0v) is 23.7. The molecule has 1 amide bonds. The van der Waals surface area contributed by atoms with Gasteiger partial charge in [-0.25, -0.2) is 4.98 Å². The van der Waals surface area contributed by atoms with Crippen LogP contribution in [-0.2, 0) is 13.5 Å². The number of amides is 1. The van der Waals surface area contributed by atoms with Crippen LogP contribution in [0.1, 0.15) is 74.8 Å².